The summed E-state index contributed by atoms with van der Waals surface area (Å²) in [6, 6.07) is 10.4. The van der Waals surface area contributed by atoms with E-state index in [-0.39, 0.29) is 5.91 Å². The smallest absolute Gasteiger partial charge is 0.224 e. The van der Waals surface area contributed by atoms with Crippen molar-refractivity contribution in [3.63, 3.8) is 0 Å². The number of ether oxygens (including phenoxy) is 1. The number of piperidine rings is 1. The first-order valence-electron chi connectivity index (χ1n) is 9.53. The van der Waals surface area contributed by atoms with Crippen LogP contribution < -0.4 is 15.4 Å². The number of rotatable bonds is 6. The van der Waals surface area contributed by atoms with Crippen molar-refractivity contribution in [2.24, 2.45) is 5.92 Å². The quantitative estimate of drug-likeness (QED) is 0.783. The molecular formula is C21H24ClN3O2. The first-order valence-corrected chi connectivity index (χ1v) is 9.90. The van der Waals surface area contributed by atoms with E-state index in [0.717, 1.165) is 18.4 Å². The highest BCUT2D eigenvalue weighted by atomic mass is 35.5. The number of anilines is 1. The molecule has 1 aromatic carbocycles. The van der Waals surface area contributed by atoms with E-state index in [1.165, 1.54) is 12.8 Å². The second-order valence-electron chi connectivity index (χ2n) is 7.52. The number of aromatic nitrogens is 1. The first kappa shape index (κ1) is 18.3. The van der Waals surface area contributed by atoms with Crippen LogP contribution in [0.2, 0.25) is 5.02 Å². The van der Waals surface area contributed by atoms with Gasteiger partial charge in [0.15, 0.2) is 0 Å². The molecule has 0 saturated carbocycles. The van der Waals surface area contributed by atoms with Gasteiger partial charge in [-0.3, -0.25) is 9.78 Å². The lowest BCUT2D eigenvalue weighted by Gasteiger charge is -2.28. The van der Waals surface area contributed by atoms with Crippen LogP contribution in [0.1, 0.15) is 37.7 Å². The Labute approximate surface area is 164 Å². The zero-order valence-electron chi connectivity index (χ0n) is 15.2. The molecule has 0 spiro atoms. The molecule has 2 aromatic rings. The number of pyridine rings is 1. The second kappa shape index (κ2) is 8.28. The summed E-state index contributed by atoms with van der Waals surface area (Å²) in [4.78, 5) is 16.5. The molecule has 1 amide bonds. The number of amides is 1. The molecule has 2 aliphatic heterocycles. The summed E-state index contributed by atoms with van der Waals surface area (Å²) in [5.41, 5.74) is 1.68. The largest absolute Gasteiger partial charge is 0.487 e. The van der Waals surface area contributed by atoms with Gasteiger partial charge in [0.1, 0.15) is 12.4 Å². The maximum Gasteiger partial charge on any atom is 0.224 e. The number of nitrogens with one attached hydrogen (secondary N) is 2. The van der Waals surface area contributed by atoms with Gasteiger partial charge in [-0.05, 0) is 55.9 Å². The fourth-order valence-corrected chi connectivity index (χ4v) is 4.39. The monoisotopic (exact) mass is 385 g/mol. The van der Waals surface area contributed by atoms with Gasteiger partial charge < -0.3 is 15.4 Å². The molecule has 1 aromatic heterocycles. The lowest BCUT2D eigenvalue weighted by Crippen LogP contribution is -2.39. The van der Waals surface area contributed by atoms with Crippen LogP contribution in [0.4, 0.5) is 5.69 Å². The van der Waals surface area contributed by atoms with Crippen LogP contribution >= 0.6 is 11.6 Å². The minimum Gasteiger partial charge on any atom is -0.487 e. The van der Waals surface area contributed by atoms with Gasteiger partial charge in [0.25, 0.3) is 0 Å². The van der Waals surface area contributed by atoms with Gasteiger partial charge >= 0.3 is 0 Å². The summed E-state index contributed by atoms with van der Waals surface area (Å²) >= 11 is 6.32. The summed E-state index contributed by atoms with van der Waals surface area (Å²) in [6.07, 6.45) is 8.76. The molecule has 27 heavy (non-hydrogen) atoms. The van der Waals surface area contributed by atoms with Crippen LogP contribution in [0.15, 0.2) is 42.7 Å². The van der Waals surface area contributed by atoms with E-state index in [4.69, 9.17) is 16.3 Å². The Hall–Kier alpha value is -2.11. The lowest BCUT2D eigenvalue weighted by atomic mass is 9.89. The van der Waals surface area contributed by atoms with Crippen LogP contribution in [0, 0.1) is 5.92 Å². The average molecular weight is 386 g/mol. The summed E-state index contributed by atoms with van der Waals surface area (Å²) in [5, 5.41) is 7.07. The van der Waals surface area contributed by atoms with E-state index in [9.17, 15) is 4.79 Å². The highest BCUT2D eigenvalue weighted by Crippen LogP contribution is 2.33. The molecule has 0 radical (unpaired) electrons. The van der Waals surface area contributed by atoms with Crippen LogP contribution in [0.5, 0.6) is 5.75 Å². The SMILES string of the molecule is O=C(CC1CC2CCC(C1)N2)Nc1ccc(OCc2cccnc2)c(Cl)c1. The highest BCUT2D eigenvalue weighted by Gasteiger charge is 2.34. The van der Waals surface area contributed by atoms with Gasteiger partial charge in [0.2, 0.25) is 5.91 Å². The molecule has 4 rings (SSSR count). The predicted molar refractivity (Wildman–Crippen MR) is 106 cm³/mol. The van der Waals surface area contributed by atoms with Crippen LogP contribution in [-0.4, -0.2) is 23.0 Å². The zero-order valence-corrected chi connectivity index (χ0v) is 15.9. The number of fused-ring (bicyclic) bond motifs is 2. The third-order valence-electron chi connectivity index (χ3n) is 5.38. The Morgan fingerprint density at radius 3 is 2.78 bits per heavy atom. The van der Waals surface area contributed by atoms with Crippen LogP contribution in [0.3, 0.4) is 0 Å². The van der Waals surface area contributed by atoms with Gasteiger partial charge in [-0.2, -0.15) is 0 Å². The molecule has 6 heteroatoms. The molecule has 2 fully saturated rings. The van der Waals surface area contributed by atoms with Crippen LogP contribution in [-0.2, 0) is 11.4 Å². The lowest BCUT2D eigenvalue weighted by molar-refractivity contribution is -0.117. The van der Waals surface area contributed by atoms with Crippen molar-refractivity contribution >= 4 is 23.2 Å². The minimum absolute atomic E-state index is 0.0568. The molecule has 2 aliphatic rings. The molecule has 2 bridgehead atoms. The number of nitrogens with zero attached hydrogens (tertiary/aromatic N) is 1. The standard InChI is InChI=1S/C21H24ClN3O2/c22-19-11-18(5-6-20(19)27-13-14-2-1-7-23-12-14)25-21(26)10-15-8-16-3-4-17(9-15)24-16/h1-2,5-7,11-12,15-17,24H,3-4,8-10,13H2,(H,25,26). The first-order chi connectivity index (χ1) is 13.2. The van der Waals surface area contributed by atoms with Crippen molar-refractivity contribution in [3.05, 3.63) is 53.3 Å². The second-order valence-corrected chi connectivity index (χ2v) is 7.93. The Morgan fingerprint density at radius 2 is 2.07 bits per heavy atom. The minimum atomic E-state index is 0.0568. The number of benzene rings is 1. The van der Waals surface area contributed by atoms with E-state index >= 15 is 0 Å². The molecule has 2 unspecified atom stereocenters. The topological polar surface area (TPSA) is 63.2 Å². The summed E-state index contributed by atoms with van der Waals surface area (Å²) < 4.78 is 5.74. The van der Waals surface area contributed by atoms with E-state index in [0.29, 0.717) is 47.5 Å². The maximum atomic E-state index is 12.4. The Morgan fingerprint density at radius 1 is 1.26 bits per heavy atom. The maximum absolute atomic E-state index is 12.4. The summed E-state index contributed by atoms with van der Waals surface area (Å²) in [7, 11) is 0. The van der Waals surface area contributed by atoms with Crippen molar-refractivity contribution in [1.82, 2.24) is 10.3 Å². The summed E-state index contributed by atoms with van der Waals surface area (Å²) in [5.74, 6) is 1.12. The number of hydrogen-bond donors (Lipinski definition) is 2. The van der Waals surface area contributed by atoms with Crippen molar-refractivity contribution in [2.45, 2.75) is 50.8 Å². The zero-order chi connectivity index (χ0) is 18.6. The van der Waals surface area contributed by atoms with E-state index in [2.05, 4.69) is 15.6 Å². The molecule has 2 atom stereocenters. The number of carbonyl (C=O) groups excluding carboxylic acids is 1. The van der Waals surface area contributed by atoms with Crippen molar-refractivity contribution in [1.29, 1.82) is 0 Å². The summed E-state index contributed by atoms with van der Waals surface area (Å²) in [6.45, 7) is 0.400. The number of carbonyl (C=O) groups is 1. The Bertz CT molecular complexity index is 787. The Balaban J connectivity index is 1.30. The molecule has 3 heterocycles. The van der Waals surface area contributed by atoms with E-state index in [1.807, 2.05) is 18.2 Å². The van der Waals surface area contributed by atoms with Crippen molar-refractivity contribution in [2.75, 3.05) is 5.32 Å². The van der Waals surface area contributed by atoms with Gasteiger partial charge in [-0.15, -0.1) is 0 Å². The van der Waals surface area contributed by atoms with Crippen molar-refractivity contribution in [3.8, 4) is 5.75 Å². The fraction of sp³-hybridized carbons (Fsp3) is 0.429. The van der Waals surface area contributed by atoms with Crippen molar-refractivity contribution < 1.29 is 9.53 Å². The van der Waals surface area contributed by atoms with Gasteiger partial charge in [0, 0.05) is 42.1 Å². The third kappa shape index (κ3) is 4.79. The van der Waals surface area contributed by atoms with E-state index < -0.39 is 0 Å². The Kier molecular flexibility index (Phi) is 5.60. The highest BCUT2D eigenvalue weighted by molar-refractivity contribution is 6.32. The molecular weight excluding hydrogens is 362 g/mol. The predicted octanol–water partition coefficient (Wildman–Crippen LogP) is 4.17. The van der Waals surface area contributed by atoms with Crippen LogP contribution in [0.25, 0.3) is 0 Å². The van der Waals surface area contributed by atoms with Gasteiger partial charge in [-0.25, -0.2) is 0 Å². The normalized spacial score (nSPS) is 23.8. The van der Waals surface area contributed by atoms with Gasteiger partial charge in [-0.1, -0.05) is 17.7 Å². The molecule has 2 N–H and O–H groups in total. The van der Waals surface area contributed by atoms with Gasteiger partial charge in [0.05, 0.1) is 5.02 Å². The number of hydrogen-bond acceptors (Lipinski definition) is 4. The average Bonchev–Trinajstić information content (AvgIpc) is 3.00. The molecule has 2 saturated heterocycles. The molecule has 5 nitrogen and oxygen atoms in total. The molecule has 142 valence electrons. The number of halogens is 1. The molecule has 0 aliphatic carbocycles. The fourth-order valence-electron chi connectivity index (χ4n) is 4.16. The van der Waals surface area contributed by atoms with E-state index in [1.54, 1.807) is 24.5 Å². The third-order valence-corrected chi connectivity index (χ3v) is 5.67.